The number of piperidine rings is 1. The van der Waals surface area contributed by atoms with Gasteiger partial charge < -0.3 is 19.8 Å². The second kappa shape index (κ2) is 10.2. The van der Waals surface area contributed by atoms with Gasteiger partial charge in [0.25, 0.3) is 5.89 Å². The Morgan fingerprint density at radius 2 is 2.03 bits per heavy atom. The average Bonchev–Trinajstić information content (AvgIpc) is 3.16. The van der Waals surface area contributed by atoms with Gasteiger partial charge in [-0.2, -0.15) is 4.98 Å². The number of hydrogen-bond acceptors (Lipinski definition) is 8. The van der Waals surface area contributed by atoms with Crippen LogP contribution in [0.5, 0.6) is 0 Å². The number of carboxylic acid groups (broad SMARTS) is 1. The third-order valence-corrected chi connectivity index (χ3v) is 6.03. The van der Waals surface area contributed by atoms with E-state index in [9.17, 15) is 18.3 Å². The Morgan fingerprint density at radius 1 is 1.32 bits per heavy atom. The zero-order valence-electron chi connectivity index (χ0n) is 17.8. The van der Waals surface area contributed by atoms with Crippen LogP contribution in [0.4, 0.5) is 10.5 Å². The largest absolute Gasteiger partial charge is 0.465 e. The first-order chi connectivity index (χ1) is 14.7. The molecule has 0 atom stereocenters. The van der Waals surface area contributed by atoms with Crippen LogP contribution in [0.2, 0.25) is 0 Å². The predicted octanol–water partition coefficient (Wildman–Crippen LogP) is 1.83. The van der Waals surface area contributed by atoms with E-state index in [4.69, 9.17) is 4.52 Å². The summed E-state index contributed by atoms with van der Waals surface area (Å²) in [6.45, 7) is 5.18. The van der Waals surface area contributed by atoms with Gasteiger partial charge in [-0.3, -0.25) is 4.90 Å². The number of carbonyl (C=O) groups is 1. The third kappa shape index (κ3) is 6.74. The molecule has 2 aromatic rings. The normalized spacial score (nSPS) is 15.8. The van der Waals surface area contributed by atoms with Crippen molar-refractivity contribution in [1.29, 1.82) is 0 Å². The van der Waals surface area contributed by atoms with E-state index in [0.29, 0.717) is 36.1 Å². The smallest absolute Gasteiger partial charge is 0.411 e. The SMILES string of the molecule is Cc1noc(-c2ccccc2N(CC2CCN(CCNCS(C)(=O)=O)CC2)C(=O)O)n1. The van der Waals surface area contributed by atoms with Crippen molar-refractivity contribution in [2.75, 3.05) is 49.8 Å². The summed E-state index contributed by atoms with van der Waals surface area (Å²) in [7, 11) is -3.01. The molecule has 11 heteroatoms. The molecule has 1 amide bonds. The van der Waals surface area contributed by atoms with Crippen LogP contribution in [-0.2, 0) is 9.84 Å². The lowest BCUT2D eigenvalue weighted by Crippen LogP contribution is -2.42. The molecule has 2 N–H and O–H groups in total. The van der Waals surface area contributed by atoms with E-state index in [1.165, 1.54) is 11.2 Å². The number of benzene rings is 1. The van der Waals surface area contributed by atoms with Crippen LogP contribution in [0.3, 0.4) is 0 Å². The second-order valence-electron chi connectivity index (χ2n) is 7.91. The molecule has 1 fully saturated rings. The lowest BCUT2D eigenvalue weighted by Gasteiger charge is -2.34. The summed E-state index contributed by atoms with van der Waals surface area (Å²) in [5.41, 5.74) is 1.13. The predicted molar refractivity (Wildman–Crippen MR) is 117 cm³/mol. The monoisotopic (exact) mass is 451 g/mol. The third-order valence-electron chi connectivity index (χ3n) is 5.30. The highest BCUT2D eigenvalue weighted by atomic mass is 32.2. The highest BCUT2D eigenvalue weighted by Crippen LogP contribution is 2.31. The standard InChI is InChI=1S/C20H29N5O5S/c1-15-22-19(30-23-15)17-5-3-4-6-18(17)25(20(26)27)13-16-7-10-24(11-8-16)12-9-21-14-31(2,28)29/h3-6,16,21H,7-14H2,1-2H3,(H,26,27). The molecule has 0 unspecified atom stereocenters. The summed E-state index contributed by atoms with van der Waals surface area (Å²) in [5.74, 6) is 1.00. The van der Waals surface area contributed by atoms with Crippen molar-refractivity contribution in [3.63, 3.8) is 0 Å². The van der Waals surface area contributed by atoms with E-state index < -0.39 is 15.9 Å². The van der Waals surface area contributed by atoms with Crippen molar-refractivity contribution >= 4 is 21.6 Å². The van der Waals surface area contributed by atoms with E-state index in [-0.39, 0.29) is 11.8 Å². The number of anilines is 1. The minimum atomic E-state index is -3.01. The maximum absolute atomic E-state index is 12.1. The van der Waals surface area contributed by atoms with Gasteiger partial charge in [-0.25, -0.2) is 13.2 Å². The number of hydrogen-bond donors (Lipinski definition) is 2. The summed E-state index contributed by atoms with van der Waals surface area (Å²) >= 11 is 0. The minimum absolute atomic E-state index is 0.0178. The molecule has 0 spiro atoms. The van der Waals surface area contributed by atoms with Gasteiger partial charge in [0.2, 0.25) is 0 Å². The summed E-state index contributed by atoms with van der Waals surface area (Å²) in [6.07, 6.45) is 1.93. The van der Waals surface area contributed by atoms with Gasteiger partial charge in [0.1, 0.15) is 0 Å². The first-order valence-electron chi connectivity index (χ1n) is 10.2. The fraction of sp³-hybridized carbons (Fsp3) is 0.550. The van der Waals surface area contributed by atoms with Crippen LogP contribution in [0.25, 0.3) is 11.5 Å². The number of nitrogens with one attached hydrogen (secondary N) is 1. The van der Waals surface area contributed by atoms with Gasteiger partial charge in [0.05, 0.1) is 17.1 Å². The molecule has 0 aliphatic carbocycles. The van der Waals surface area contributed by atoms with Crippen molar-refractivity contribution in [3.05, 3.63) is 30.1 Å². The summed E-state index contributed by atoms with van der Waals surface area (Å²) < 4.78 is 27.6. The number of likely N-dealkylation sites (tertiary alicyclic amines) is 1. The lowest BCUT2D eigenvalue weighted by atomic mass is 9.95. The first-order valence-corrected chi connectivity index (χ1v) is 12.3. The van der Waals surface area contributed by atoms with E-state index in [0.717, 1.165) is 32.5 Å². The average molecular weight is 452 g/mol. The Hall–Kier alpha value is -2.50. The number of para-hydroxylation sites is 1. The molecule has 10 nitrogen and oxygen atoms in total. The van der Waals surface area contributed by atoms with Crippen LogP contribution >= 0.6 is 0 Å². The molecule has 0 bridgehead atoms. The topological polar surface area (TPSA) is 129 Å². The highest BCUT2D eigenvalue weighted by molar-refractivity contribution is 7.90. The highest BCUT2D eigenvalue weighted by Gasteiger charge is 2.27. The molecule has 1 aliphatic heterocycles. The molecule has 0 radical (unpaired) electrons. The van der Waals surface area contributed by atoms with Crippen LogP contribution in [0.15, 0.2) is 28.8 Å². The fourth-order valence-electron chi connectivity index (χ4n) is 3.72. The van der Waals surface area contributed by atoms with Crippen LogP contribution in [0.1, 0.15) is 18.7 Å². The molecule has 1 aromatic carbocycles. The Kier molecular flexibility index (Phi) is 7.63. The number of amides is 1. The zero-order valence-corrected chi connectivity index (χ0v) is 18.6. The lowest BCUT2D eigenvalue weighted by molar-refractivity contribution is 0.179. The van der Waals surface area contributed by atoms with Gasteiger partial charge >= 0.3 is 6.09 Å². The van der Waals surface area contributed by atoms with E-state index in [2.05, 4.69) is 20.4 Å². The van der Waals surface area contributed by atoms with Gasteiger partial charge in [-0.1, -0.05) is 17.3 Å². The van der Waals surface area contributed by atoms with E-state index in [1.807, 2.05) is 6.07 Å². The van der Waals surface area contributed by atoms with Crippen molar-refractivity contribution in [2.24, 2.45) is 5.92 Å². The molecule has 0 saturated carbocycles. The molecule has 1 aliphatic rings. The van der Waals surface area contributed by atoms with Crippen molar-refractivity contribution in [3.8, 4) is 11.5 Å². The van der Waals surface area contributed by atoms with Gasteiger partial charge in [0.15, 0.2) is 15.7 Å². The van der Waals surface area contributed by atoms with E-state index in [1.54, 1.807) is 25.1 Å². The zero-order chi connectivity index (χ0) is 22.4. The molecule has 31 heavy (non-hydrogen) atoms. The Balaban J connectivity index is 1.59. The number of aryl methyl sites for hydroxylation is 1. The van der Waals surface area contributed by atoms with Crippen LogP contribution in [0, 0.1) is 12.8 Å². The maximum atomic E-state index is 12.1. The fourth-order valence-corrected chi connectivity index (χ4v) is 4.24. The van der Waals surface area contributed by atoms with Crippen molar-refractivity contribution in [1.82, 2.24) is 20.4 Å². The quantitative estimate of drug-likeness (QED) is 0.549. The summed E-state index contributed by atoms with van der Waals surface area (Å²) in [6, 6.07) is 7.15. The number of rotatable bonds is 9. The van der Waals surface area contributed by atoms with E-state index >= 15 is 0 Å². The molecule has 1 aromatic heterocycles. The Labute approximate surface area is 182 Å². The number of aromatic nitrogens is 2. The number of sulfone groups is 1. The van der Waals surface area contributed by atoms with Crippen LogP contribution < -0.4 is 10.2 Å². The second-order valence-corrected chi connectivity index (χ2v) is 10.1. The molecule has 2 heterocycles. The van der Waals surface area contributed by atoms with Gasteiger partial charge in [-0.05, 0) is 50.9 Å². The van der Waals surface area contributed by atoms with Gasteiger partial charge in [0, 0.05) is 25.9 Å². The van der Waals surface area contributed by atoms with Gasteiger partial charge in [-0.15, -0.1) is 0 Å². The molecule has 170 valence electrons. The minimum Gasteiger partial charge on any atom is -0.465 e. The summed E-state index contributed by atoms with van der Waals surface area (Å²) in [4.78, 5) is 20.0. The molecular formula is C20H29N5O5S. The maximum Gasteiger partial charge on any atom is 0.411 e. The molecular weight excluding hydrogens is 422 g/mol. The molecule has 3 rings (SSSR count). The van der Waals surface area contributed by atoms with Crippen molar-refractivity contribution in [2.45, 2.75) is 19.8 Å². The number of nitrogens with zero attached hydrogens (tertiary/aromatic N) is 4. The first kappa shape index (κ1) is 23.2. The molecule has 1 saturated heterocycles. The Morgan fingerprint density at radius 3 is 2.65 bits per heavy atom. The summed E-state index contributed by atoms with van der Waals surface area (Å²) in [5, 5.41) is 16.6. The van der Waals surface area contributed by atoms with Crippen molar-refractivity contribution < 1.29 is 22.8 Å². The van der Waals surface area contributed by atoms with Crippen LogP contribution in [-0.4, -0.2) is 79.5 Å². The Bertz CT molecular complexity index is 985.